The van der Waals surface area contributed by atoms with Gasteiger partial charge in [0, 0.05) is 37.8 Å². The van der Waals surface area contributed by atoms with Gasteiger partial charge in [-0.3, -0.25) is 4.79 Å². The standard InChI is InChI=1S/C22H25N5O2/c1-16-25-20(15-21(26-16)27-11-13-29-14-12-27)23-9-10-24-22(28)19-8-4-6-17-5-2-3-7-18(17)19/h2-8,15H,9-14H2,1H3,(H,24,28)(H,23,25,26). The van der Waals surface area contributed by atoms with Crippen molar-refractivity contribution in [2.45, 2.75) is 6.92 Å². The van der Waals surface area contributed by atoms with E-state index in [-0.39, 0.29) is 5.91 Å². The monoisotopic (exact) mass is 391 g/mol. The molecule has 2 heterocycles. The number of anilines is 2. The highest BCUT2D eigenvalue weighted by atomic mass is 16.5. The lowest BCUT2D eigenvalue weighted by molar-refractivity contribution is 0.0957. The Morgan fingerprint density at radius 1 is 1.07 bits per heavy atom. The number of morpholine rings is 1. The molecule has 0 atom stereocenters. The van der Waals surface area contributed by atoms with Gasteiger partial charge in [0.05, 0.1) is 13.2 Å². The van der Waals surface area contributed by atoms with E-state index in [1.807, 2.05) is 55.5 Å². The van der Waals surface area contributed by atoms with Gasteiger partial charge in [0.2, 0.25) is 0 Å². The lowest BCUT2D eigenvalue weighted by Crippen LogP contribution is -2.37. The number of carbonyl (C=O) groups is 1. The van der Waals surface area contributed by atoms with Crippen molar-refractivity contribution >= 4 is 28.3 Å². The van der Waals surface area contributed by atoms with E-state index in [0.717, 1.165) is 41.3 Å². The molecule has 3 aromatic rings. The molecular weight excluding hydrogens is 366 g/mol. The summed E-state index contributed by atoms with van der Waals surface area (Å²) < 4.78 is 5.41. The van der Waals surface area contributed by atoms with Crippen molar-refractivity contribution in [3.05, 3.63) is 59.9 Å². The van der Waals surface area contributed by atoms with Crippen molar-refractivity contribution in [1.29, 1.82) is 0 Å². The molecule has 0 unspecified atom stereocenters. The third kappa shape index (κ3) is 4.63. The first-order valence-corrected chi connectivity index (χ1v) is 9.89. The van der Waals surface area contributed by atoms with Crippen LogP contribution < -0.4 is 15.5 Å². The molecule has 2 aromatic carbocycles. The minimum Gasteiger partial charge on any atom is -0.378 e. The molecule has 29 heavy (non-hydrogen) atoms. The van der Waals surface area contributed by atoms with Crippen LogP contribution in [-0.4, -0.2) is 55.3 Å². The number of hydrogen-bond acceptors (Lipinski definition) is 6. The zero-order valence-electron chi connectivity index (χ0n) is 16.5. The number of aryl methyl sites for hydroxylation is 1. The zero-order valence-corrected chi connectivity index (χ0v) is 16.5. The van der Waals surface area contributed by atoms with Crippen molar-refractivity contribution in [3.8, 4) is 0 Å². The second-order valence-corrected chi connectivity index (χ2v) is 6.97. The number of carbonyl (C=O) groups excluding carboxylic acids is 1. The minimum atomic E-state index is -0.0727. The van der Waals surface area contributed by atoms with Gasteiger partial charge in [-0.25, -0.2) is 9.97 Å². The summed E-state index contributed by atoms with van der Waals surface area (Å²) in [5.41, 5.74) is 0.690. The lowest BCUT2D eigenvalue weighted by Gasteiger charge is -2.28. The average molecular weight is 391 g/mol. The quantitative estimate of drug-likeness (QED) is 0.629. The Bertz CT molecular complexity index is 996. The number of fused-ring (bicyclic) bond motifs is 1. The fourth-order valence-electron chi connectivity index (χ4n) is 3.48. The number of benzene rings is 2. The van der Waals surface area contributed by atoms with E-state index < -0.39 is 0 Å². The molecule has 150 valence electrons. The maximum atomic E-state index is 12.6. The number of nitrogens with zero attached hydrogens (tertiary/aromatic N) is 3. The van der Waals surface area contributed by atoms with Crippen LogP contribution in [-0.2, 0) is 4.74 Å². The average Bonchev–Trinajstić information content (AvgIpc) is 2.76. The Morgan fingerprint density at radius 3 is 2.72 bits per heavy atom. The molecule has 0 saturated carbocycles. The second-order valence-electron chi connectivity index (χ2n) is 6.97. The third-order valence-corrected chi connectivity index (χ3v) is 4.91. The summed E-state index contributed by atoms with van der Waals surface area (Å²) in [6, 6.07) is 15.6. The molecule has 1 aliphatic rings. The first-order chi connectivity index (χ1) is 14.2. The summed E-state index contributed by atoms with van der Waals surface area (Å²) in [7, 11) is 0. The highest BCUT2D eigenvalue weighted by Crippen LogP contribution is 2.19. The van der Waals surface area contributed by atoms with Crippen LogP contribution in [0.2, 0.25) is 0 Å². The van der Waals surface area contributed by atoms with Crippen LogP contribution in [0.1, 0.15) is 16.2 Å². The van der Waals surface area contributed by atoms with Gasteiger partial charge in [-0.15, -0.1) is 0 Å². The first-order valence-electron chi connectivity index (χ1n) is 9.89. The molecule has 0 aliphatic carbocycles. The van der Waals surface area contributed by atoms with Crippen molar-refractivity contribution in [2.75, 3.05) is 49.6 Å². The molecule has 1 saturated heterocycles. The van der Waals surface area contributed by atoms with Crippen LogP contribution in [0, 0.1) is 6.92 Å². The Kier molecular flexibility index (Phi) is 5.86. The van der Waals surface area contributed by atoms with E-state index in [1.165, 1.54) is 0 Å². The third-order valence-electron chi connectivity index (χ3n) is 4.91. The van der Waals surface area contributed by atoms with Gasteiger partial charge in [-0.2, -0.15) is 0 Å². The fraction of sp³-hybridized carbons (Fsp3) is 0.318. The Labute approximate surface area is 170 Å². The predicted octanol–water partition coefficient (Wildman–Crippen LogP) is 2.62. The van der Waals surface area contributed by atoms with Crippen LogP contribution in [0.4, 0.5) is 11.6 Å². The molecule has 1 amide bonds. The van der Waals surface area contributed by atoms with Gasteiger partial charge in [0.25, 0.3) is 5.91 Å². The Hall–Kier alpha value is -3.19. The minimum absolute atomic E-state index is 0.0727. The van der Waals surface area contributed by atoms with Gasteiger partial charge in [-0.05, 0) is 23.8 Å². The zero-order chi connectivity index (χ0) is 20.1. The Balaban J connectivity index is 1.34. The summed E-state index contributed by atoms with van der Waals surface area (Å²) in [6.07, 6.45) is 0. The molecule has 7 heteroatoms. The number of hydrogen-bond donors (Lipinski definition) is 2. The number of nitrogens with one attached hydrogen (secondary N) is 2. The lowest BCUT2D eigenvalue weighted by atomic mass is 10.0. The van der Waals surface area contributed by atoms with Crippen molar-refractivity contribution in [1.82, 2.24) is 15.3 Å². The van der Waals surface area contributed by atoms with E-state index in [4.69, 9.17) is 4.74 Å². The number of amides is 1. The number of rotatable bonds is 6. The first kappa shape index (κ1) is 19.1. The SMILES string of the molecule is Cc1nc(NCCNC(=O)c2cccc3ccccc23)cc(N2CCOCC2)n1. The van der Waals surface area contributed by atoms with E-state index in [9.17, 15) is 4.79 Å². The summed E-state index contributed by atoms with van der Waals surface area (Å²) in [4.78, 5) is 23.8. The molecule has 2 N–H and O–H groups in total. The van der Waals surface area contributed by atoms with E-state index >= 15 is 0 Å². The van der Waals surface area contributed by atoms with Crippen molar-refractivity contribution < 1.29 is 9.53 Å². The maximum absolute atomic E-state index is 12.6. The van der Waals surface area contributed by atoms with Crippen LogP contribution in [0.3, 0.4) is 0 Å². The van der Waals surface area contributed by atoms with Gasteiger partial charge in [0.1, 0.15) is 17.5 Å². The molecule has 7 nitrogen and oxygen atoms in total. The maximum Gasteiger partial charge on any atom is 0.251 e. The number of ether oxygens (including phenoxy) is 1. The molecule has 1 fully saturated rings. The predicted molar refractivity (Wildman–Crippen MR) is 115 cm³/mol. The summed E-state index contributed by atoms with van der Waals surface area (Å²) >= 11 is 0. The summed E-state index contributed by atoms with van der Waals surface area (Å²) in [5.74, 6) is 2.31. The van der Waals surface area contributed by atoms with E-state index in [2.05, 4.69) is 25.5 Å². The van der Waals surface area contributed by atoms with Crippen LogP contribution >= 0.6 is 0 Å². The second kappa shape index (κ2) is 8.87. The molecule has 0 spiro atoms. The van der Waals surface area contributed by atoms with Crippen molar-refractivity contribution in [2.24, 2.45) is 0 Å². The molecule has 4 rings (SSSR count). The topological polar surface area (TPSA) is 79.4 Å². The Morgan fingerprint density at radius 2 is 1.86 bits per heavy atom. The van der Waals surface area contributed by atoms with Crippen molar-refractivity contribution in [3.63, 3.8) is 0 Å². The van der Waals surface area contributed by atoms with Gasteiger partial charge >= 0.3 is 0 Å². The van der Waals surface area contributed by atoms with Crippen LogP contribution in [0.15, 0.2) is 48.5 Å². The number of aromatic nitrogens is 2. The van der Waals surface area contributed by atoms with Gasteiger partial charge < -0.3 is 20.3 Å². The highest BCUT2D eigenvalue weighted by molar-refractivity contribution is 6.07. The molecule has 1 aromatic heterocycles. The van der Waals surface area contributed by atoms with Crippen LogP contribution in [0.25, 0.3) is 10.8 Å². The molecular formula is C22H25N5O2. The summed E-state index contributed by atoms with van der Waals surface area (Å²) in [6.45, 7) is 6.05. The highest BCUT2D eigenvalue weighted by Gasteiger charge is 2.14. The van der Waals surface area contributed by atoms with Gasteiger partial charge in [-0.1, -0.05) is 36.4 Å². The summed E-state index contributed by atoms with van der Waals surface area (Å²) in [5, 5.41) is 8.29. The smallest absolute Gasteiger partial charge is 0.251 e. The fourth-order valence-corrected chi connectivity index (χ4v) is 3.48. The van der Waals surface area contributed by atoms with Gasteiger partial charge in [0.15, 0.2) is 0 Å². The van der Waals surface area contributed by atoms with E-state index in [1.54, 1.807) is 0 Å². The van der Waals surface area contributed by atoms with E-state index in [0.29, 0.717) is 31.9 Å². The molecule has 0 radical (unpaired) electrons. The molecule has 1 aliphatic heterocycles. The van der Waals surface area contributed by atoms with Crippen LogP contribution in [0.5, 0.6) is 0 Å². The largest absolute Gasteiger partial charge is 0.378 e. The normalized spacial score (nSPS) is 14.0. The molecule has 0 bridgehead atoms.